The number of aromatic nitrogens is 2. The average Bonchev–Trinajstić information content (AvgIpc) is 2.71. The van der Waals surface area contributed by atoms with Gasteiger partial charge in [-0.25, -0.2) is 5.43 Å². The summed E-state index contributed by atoms with van der Waals surface area (Å²) in [6.45, 7) is 0. The fourth-order valence-corrected chi connectivity index (χ4v) is 2.26. The second-order valence-corrected chi connectivity index (χ2v) is 5.00. The van der Waals surface area contributed by atoms with Crippen LogP contribution in [0.25, 0.3) is 0 Å². The molecule has 3 N–H and O–H groups in total. The first-order valence-electron chi connectivity index (χ1n) is 5.02. The Morgan fingerprint density at radius 3 is 2.82 bits per heavy atom. The molecular weight excluding hydrogens is 304 g/mol. The molecule has 0 saturated carbocycles. The lowest BCUT2D eigenvalue weighted by Crippen LogP contribution is -2.29. The molecule has 0 fully saturated rings. The molecule has 0 spiro atoms. The van der Waals surface area contributed by atoms with Gasteiger partial charge < -0.3 is 0 Å². The normalized spacial score (nSPS) is 12.7. The minimum Gasteiger partial charge on any atom is -0.275 e. The summed E-state index contributed by atoms with van der Waals surface area (Å²) in [6, 6.07) is 7.33. The Morgan fingerprint density at radius 2 is 2.24 bits per heavy atom. The van der Waals surface area contributed by atoms with Crippen molar-refractivity contribution in [1.29, 1.82) is 0 Å². The van der Waals surface area contributed by atoms with Crippen molar-refractivity contribution in [3.8, 4) is 0 Å². The van der Waals surface area contributed by atoms with Gasteiger partial charge in [0.15, 0.2) is 0 Å². The molecule has 1 atom stereocenters. The molecular formula is C11H12BrClN4. The number of hydrazine groups is 1. The van der Waals surface area contributed by atoms with Crippen LogP contribution in [0.15, 0.2) is 34.9 Å². The predicted molar refractivity (Wildman–Crippen MR) is 71.5 cm³/mol. The molecule has 0 bridgehead atoms. The second-order valence-electron chi connectivity index (χ2n) is 3.68. The number of nitrogens with one attached hydrogen (secondary N) is 1. The number of aryl methyl sites for hydroxylation is 1. The van der Waals surface area contributed by atoms with Crippen LogP contribution in [0.1, 0.15) is 17.3 Å². The molecule has 1 aromatic carbocycles. The summed E-state index contributed by atoms with van der Waals surface area (Å²) in [5.74, 6) is 5.59. The van der Waals surface area contributed by atoms with E-state index in [1.807, 2.05) is 37.5 Å². The van der Waals surface area contributed by atoms with Gasteiger partial charge in [-0.3, -0.25) is 10.5 Å². The van der Waals surface area contributed by atoms with Crippen molar-refractivity contribution in [2.45, 2.75) is 6.04 Å². The van der Waals surface area contributed by atoms with E-state index >= 15 is 0 Å². The zero-order valence-electron chi connectivity index (χ0n) is 9.19. The lowest BCUT2D eigenvalue weighted by atomic mass is 10.0. The maximum Gasteiger partial charge on any atom is 0.0914 e. The van der Waals surface area contributed by atoms with Gasteiger partial charge in [0.05, 0.1) is 11.7 Å². The van der Waals surface area contributed by atoms with E-state index in [0.717, 1.165) is 15.7 Å². The van der Waals surface area contributed by atoms with Crippen molar-refractivity contribution in [3.63, 3.8) is 0 Å². The second kappa shape index (κ2) is 5.18. The first-order valence-corrected chi connectivity index (χ1v) is 6.19. The van der Waals surface area contributed by atoms with Crippen molar-refractivity contribution in [1.82, 2.24) is 15.2 Å². The van der Waals surface area contributed by atoms with Gasteiger partial charge in [0.25, 0.3) is 0 Å². The number of nitrogens with zero attached hydrogens (tertiary/aromatic N) is 2. The summed E-state index contributed by atoms with van der Waals surface area (Å²) < 4.78 is 2.68. The molecule has 6 heteroatoms. The minimum absolute atomic E-state index is 0.221. The minimum atomic E-state index is -0.221. The Labute approximate surface area is 113 Å². The summed E-state index contributed by atoms with van der Waals surface area (Å²) >= 11 is 9.59. The summed E-state index contributed by atoms with van der Waals surface area (Å²) in [7, 11) is 1.86. The third-order valence-electron chi connectivity index (χ3n) is 2.47. The highest BCUT2D eigenvalue weighted by Crippen LogP contribution is 2.29. The number of hydrogen-bond acceptors (Lipinski definition) is 3. The van der Waals surface area contributed by atoms with Crippen molar-refractivity contribution < 1.29 is 0 Å². The van der Waals surface area contributed by atoms with Crippen molar-refractivity contribution in [2.75, 3.05) is 0 Å². The van der Waals surface area contributed by atoms with E-state index in [1.54, 1.807) is 4.68 Å². The Hall–Kier alpha value is -0.880. The van der Waals surface area contributed by atoms with E-state index in [0.29, 0.717) is 5.02 Å². The zero-order valence-corrected chi connectivity index (χ0v) is 11.5. The molecule has 0 saturated heterocycles. The Kier molecular flexibility index (Phi) is 3.83. The molecule has 0 aliphatic rings. The molecule has 4 nitrogen and oxygen atoms in total. The third-order valence-corrected chi connectivity index (χ3v) is 3.30. The number of nitrogens with two attached hydrogens (primary N) is 1. The standard InChI is InChI=1S/C11H12BrClN4/c1-17-5-4-10(16-17)11(15-14)8-6-7(12)2-3-9(8)13/h2-6,11,15H,14H2,1H3. The van der Waals surface area contributed by atoms with E-state index in [-0.39, 0.29) is 6.04 Å². The predicted octanol–water partition coefficient (Wildman–Crippen LogP) is 2.39. The maximum atomic E-state index is 6.18. The highest BCUT2D eigenvalue weighted by molar-refractivity contribution is 9.10. The Balaban J connectivity index is 2.45. The molecule has 2 rings (SSSR count). The summed E-state index contributed by atoms with van der Waals surface area (Å²) in [5.41, 5.74) is 4.45. The Bertz CT molecular complexity index is 526. The number of rotatable bonds is 3. The van der Waals surface area contributed by atoms with E-state index in [9.17, 15) is 0 Å². The van der Waals surface area contributed by atoms with E-state index < -0.39 is 0 Å². The number of hydrogen-bond donors (Lipinski definition) is 2. The van der Waals surface area contributed by atoms with Crippen molar-refractivity contribution in [3.05, 3.63) is 51.2 Å². The zero-order chi connectivity index (χ0) is 12.4. The molecule has 0 amide bonds. The van der Waals surface area contributed by atoms with Crippen LogP contribution in [0.5, 0.6) is 0 Å². The first-order chi connectivity index (χ1) is 8.11. The fraction of sp³-hybridized carbons (Fsp3) is 0.182. The molecule has 0 aliphatic carbocycles. The fourth-order valence-electron chi connectivity index (χ4n) is 1.66. The van der Waals surface area contributed by atoms with Gasteiger partial charge in [0.1, 0.15) is 0 Å². The number of benzene rings is 1. The van der Waals surface area contributed by atoms with Gasteiger partial charge in [-0.1, -0.05) is 27.5 Å². The van der Waals surface area contributed by atoms with Crippen LogP contribution in [0.2, 0.25) is 5.02 Å². The van der Waals surface area contributed by atoms with Gasteiger partial charge in [0, 0.05) is 22.7 Å². The van der Waals surface area contributed by atoms with E-state index in [4.69, 9.17) is 17.4 Å². The van der Waals surface area contributed by atoms with E-state index in [1.165, 1.54) is 0 Å². The van der Waals surface area contributed by atoms with Crippen molar-refractivity contribution >= 4 is 27.5 Å². The first kappa shape index (κ1) is 12.6. The summed E-state index contributed by atoms with van der Waals surface area (Å²) in [4.78, 5) is 0. The highest BCUT2D eigenvalue weighted by atomic mass is 79.9. The molecule has 90 valence electrons. The maximum absolute atomic E-state index is 6.18. The van der Waals surface area contributed by atoms with Crippen LogP contribution in [0, 0.1) is 0 Å². The molecule has 0 aliphatic heterocycles. The molecule has 1 unspecified atom stereocenters. The van der Waals surface area contributed by atoms with Crippen LogP contribution >= 0.6 is 27.5 Å². The lowest BCUT2D eigenvalue weighted by molar-refractivity contribution is 0.603. The topological polar surface area (TPSA) is 55.9 Å². The van der Waals surface area contributed by atoms with Crippen LogP contribution in [0.4, 0.5) is 0 Å². The summed E-state index contributed by atoms with van der Waals surface area (Å²) in [6.07, 6.45) is 1.87. The Morgan fingerprint density at radius 1 is 1.47 bits per heavy atom. The molecule has 1 heterocycles. The van der Waals surface area contributed by atoms with E-state index in [2.05, 4.69) is 26.5 Å². The monoisotopic (exact) mass is 314 g/mol. The SMILES string of the molecule is Cn1ccc(C(NN)c2cc(Br)ccc2Cl)n1. The van der Waals surface area contributed by atoms with Crippen LogP contribution in [-0.2, 0) is 7.05 Å². The summed E-state index contributed by atoms with van der Waals surface area (Å²) in [5, 5.41) is 4.98. The van der Waals surface area contributed by atoms with Gasteiger partial charge >= 0.3 is 0 Å². The van der Waals surface area contributed by atoms with Crippen LogP contribution in [-0.4, -0.2) is 9.78 Å². The van der Waals surface area contributed by atoms with Gasteiger partial charge in [-0.05, 0) is 29.8 Å². The highest BCUT2D eigenvalue weighted by Gasteiger charge is 2.18. The molecule has 0 radical (unpaired) electrons. The quantitative estimate of drug-likeness (QED) is 0.675. The van der Waals surface area contributed by atoms with Crippen molar-refractivity contribution in [2.24, 2.45) is 12.9 Å². The van der Waals surface area contributed by atoms with Crippen LogP contribution < -0.4 is 11.3 Å². The molecule has 2 aromatic rings. The smallest absolute Gasteiger partial charge is 0.0914 e. The van der Waals surface area contributed by atoms with Gasteiger partial charge in [-0.2, -0.15) is 5.10 Å². The largest absolute Gasteiger partial charge is 0.275 e. The van der Waals surface area contributed by atoms with Gasteiger partial charge in [0.2, 0.25) is 0 Å². The van der Waals surface area contributed by atoms with Crippen LogP contribution in [0.3, 0.4) is 0 Å². The number of halogens is 2. The lowest BCUT2D eigenvalue weighted by Gasteiger charge is -2.15. The molecule has 1 aromatic heterocycles. The average molecular weight is 316 g/mol. The third kappa shape index (κ3) is 2.69. The molecule has 17 heavy (non-hydrogen) atoms. The van der Waals surface area contributed by atoms with Gasteiger partial charge in [-0.15, -0.1) is 0 Å².